The number of benzene rings is 1. The second-order valence-corrected chi connectivity index (χ2v) is 6.63. The van der Waals surface area contributed by atoms with Crippen LogP contribution in [0.1, 0.15) is 6.42 Å². The van der Waals surface area contributed by atoms with Gasteiger partial charge in [0.15, 0.2) is 0 Å². The first-order valence-electron chi connectivity index (χ1n) is 8.20. The Labute approximate surface area is 148 Å². The summed E-state index contributed by atoms with van der Waals surface area (Å²) in [6.07, 6.45) is 7.37. The monoisotopic (exact) mass is 342 g/mol. The Hall–Kier alpha value is -2.04. The third-order valence-corrected chi connectivity index (χ3v) is 4.21. The van der Waals surface area contributed by atoms with Crippen LogP contribution in [0, 0.1) is 0 Å². The van der Waals surface area contributed by atoms with Gasteiger partial charge in [-0.2, -0.15) is 0 Å². The number of allylic oxidation sites excluding steroid dienone is 2. The van der Waals surface area contributed by atoms with Crippen LogP contribution >= 0.6 is 11.6 Å². The minimum atomic E-state index is 0.710. The van der Waals surface area contributed by atoms with E-state index >= 15 is 0 Å². The highest BCUT2D eigenvalue weighted by Gasteiger charge is 2.10. The van der Waals surface area contributed by atoms with Crippen molar-refractivity contribution in [2.45, 2.75) is 6.42 Å². The van der Waals surface area contributed by atoms with Crippen molar-refractivity contribution in [1.82, 2.24) is 15.2 Å². The third-order valence-electron chi connectivity index (χ3n) is 3.98. The zero-order chi connectivity index (χ0) is 16.9. The first-order valence-corrected chi connectivity index (χ1v) is 8.57. The van der Waals surface area contributed by atoms with Crippen molar-refractivity contribution in [3.63, 3.8) is 0 Å². The van der Waals surface area contributed by atoms with Gasteiger partial charge in [0.1, 0.15) is 0 Å². The zero-order valence-corrected chi connectivity index (χ0v) is 14.9. The Bertz CT molecular complexity index is 780. The molecule has 0 bridgehead atoms. The predicted octanol–water partition coefficient (Wildman–Crippen LogP) is 3.67. The minimum Gasteiger partial charge on any atom is -0.383 e. The van der Waals surface area contributed by atoms with E-state index in [9.17, 15) is 0 Å². The Kier molecular flexibility index (Phi) is 5.38. The molecule has 1 aliphatic rings. The molecule has 0 fully saturated rings. The molecular weight excluding hydrogens is 320 g/mol. The standard InChI is InChI=1S/C19H23ClN4/c1-24(2)13-14-4-3-5-17(14)22-10-11-23-18-8-9-21-19-12-15(20)6-7-16(18)19/h4-9,12,22H,3,10-11,13H2,1-2H3,(H,21,23). The van der Waals surface area contributed by atoms with Crippen LogP contribution in [0.4, 0.5) is 5.69 Å². The molecule has 2 N–H and O–H groups in total. The van der Waals surface area contributed by atoms with E-state index in [1.54, 1.807) is 0 Å². The van der Waals surface area contributed by atoms with Gasteiger partial charge in [0.2, 0.25) is 0 Å². The molecule has 1 aliphatic carbocycles. The molecule has 24 heavy (non-hydrogen) atoms. The topological polar surface area (TPSA) is 40.2 Å². The molecule has 0 saturated carbocycles. The summed E-state index contributed by atoms with van der Waals surface area (Å²) in [5.41, 5.74) is 4.64. The normalized spacial score (nSPS) is 14.0. The van der Waals surface area contributed by atoms with Crippen LogP contribution in [-0.4, -0.2) is 43.6 Å². The lowest BCUT2D eigenvalue weighted by molar-refractivity contribution is 0.445. The molecule has 3 rings (SSSR count). The van der Waals surface area contributed by atoms with E-state index in [0.29, 0.717) is 5.02 Å². The number of fused-ring (bicyclic) bond motifs is 1. The maximum atomic E-state index is 6.03. The van der Waals surface area contributed by atoms with Crippen molar-refractivity contribution < 1.29 is 0 Å². The molecule has 0 spiro atoms. The van der Waals surface area contributed by atoms with Crippen LogP contribution in [0.5, 0.6) is 0 Å². The van der Waals surface area contributed by atoms with E-state index in [1.807, 2.05) is 30.5 Å². The number of halogens is 1. The van der Waals surface area contributed by atoms with Crippen LogP contribution in [0.25, 0.3) is 10.9 Å². The molecule has 5 heteroatoms. The van der Waals surface area contributed by atoms with E-state index < -0.39 is 0 Å². The fraction of sp³-hybridized carbons (Fsp3) is 0.316. The van der Waals surface area contributed by atoms with Gasteiger partial charge in [-0.3, -0.25) is 4.98 Å². The van der Waals surface area contributed by atoms with Crippen molar-refractivity contribution in [2.24, 2.45) is 0 Å². The van der Waals surface area contributed by atoms with E-state index in [-0.39, 0.29) is 0 Å². The molecule has 1 aromatic carbocycles. The number of hydrogen-bond acceptors (Lipinski definition) is 4. The first-order chi connectivity index (χ1) is 11.6. The van der Waals surface area contributed by atoms with Crippen molar-refractivity contribution in [3.8, 4) is 0 Å². The zero-order valence-electron chi connectivity index (χ0n) is 14.1. The lowest BCUT2D eigenvalue weighted by Gasteiger charge is -2.16. The minimum absolute atomic E-state index is 0.710. The fourth-order valence-electron chi connectivity index (χ4n) is 2.91. The highest BCUT2D eigenvalue weighted by Crippen LogP contribution is 2.24. The van der Waals surface area contributed by atoms with Crippen LogP contribution < -0.4 is 10.6 Å². The summed E-state index contributed by atoms with van der Waals surface area (Å²) in [5.74, 6) is 0. The van der Waals surface area contributed by atoms with Crippen molar-refractivity contribution in [2.75, 3.05) is 39.0 Å². The molecule has 1 aromatic heterocycles. The number of anilines is 1. The number of likely N-dealkylation sites (N-methyl/N-ethyl adjacent to an activating group) is 1. The Morgan fingerprint density at radius 3 is 2.79 bits per heavy atom. The highest BCUT2D eigenvalue weighted by molar-refractivity contribution is 6.31. The molecule has 0 saturated heterocycles. The summed E-state index contributed by atoms with van der Waals surface area (Å²) in [6.45, 7) is 2.68. The average Bonchev–Trinajstić information content (AvgIpc) is 2.97. The number of rotatable bonds is 7. The summed E-state index contributed by atoms with van der Waals surface area (Å²) in [4.78, 5) is 6.56. The van der Waals surface area contributed by atoms with Gasteiger partial charge in [-0.1, -0.05) is 23.8 Å². The maximum Gasteiger partial charge on any atom is 0.0737 e. The van der Waals surface area contributed by atoms with Gasteiger partial charge < -0.3 is 15.5 Å². The molecule has 4 nitrogen and oxygen atoms in total. The molecule has 0 atom stereocenters. The third kappa shape index (κ3) is 4.08. The summed E-state index contributed by atoms with van der Waals surface area (Å²) >= 11 is 6.03. The van der Waals surface area contributed by atoms with Crippen molar-refractivity contribution in [3.05, 3.63) is 58.9 Å². The van der Waals surface area contributed by atoms with Gasteiger partial charge in [-0.25, -0.2) is 0 Å². The van der Waals surface area contributed by atoms with Gasteiger partial charge in [0.25, 0.3) is 0 Å². The lowest BCUT2D eigenvalue weighted by Crippen LogP contribution is -2.25. The van der Waals surface area contributed by atoms with Gasteiger partial charge in [0, 0.05) is 47.6 Å². The van der Waals surface area contributed by atoms with Crippen LogP contribution in [0.2, 0.25) is 5.02 Å². The van der Waals surface area contributed by atoms with Crippen LogP contribution in [-0.2, 0) is 0 Å². The summed E-state index contributed by atoms with van der Waals surface area (Å²) < 4.78 is 0. The van der Waals surface area contributed by atoms with Crippen LogP contribution in [0.15, 0.2) is 53.9 Å². The molecule has 0 radical (unpaired) electrons. The molecule has 126 valence electrons. The van der Waals surface area contributed by atoms with Gasteiger partial charge in [-0.05, 0) is 50.4 Å². The van der Waals surface area contributed by atoms with Crippen LogP contribution in [0.3, 0.4) is 0 Å². The van der Waals surface area contributed by atoms with E-state index in [1.165, 1.54) is 11.3 Å². The van der Waals surface area contributed by atoms with Gasteiger partial charge in [0.05, 0.1) is 5.52 Å². The summed E-state index contributed by atoms with van der Waals surface area (Å²) in [5, 5.41) is 8.82. The molecule has 0 unspecified atom stereocenters. The lowest BCUT2D eigenvalue weighted by atomic mass is 10.2. The second-order valence-electron chi connectivity index (χ2n) is 6.19. The Morgan fingerprint density at radius 1 is 1.12 bits per heavy atom. The van der Waals surface area contributed by atoms with Gasteiger partial charge >= 0.3 is 0 Å². The molecule has 0 amide bonds. The first kappa shape index (κ1) is 16.8. The Morgan fingerprint density at radius 2 is 1.96 bits per heavy atom. The summed E-state index contributed by atoms with van der Waals surface area (Å²) in [7, 11) is 4.19. The number of nitrogens with one attached hydrogen (secondary N) is 2. The smallest absolute Gasteiger partial charge is 0.0737 e. The highest BCUT2D eigenvalue weighted by atomic mass is 35.5. The second kappa shape index (κ2) is 7.69. The Balaban J connectivity index is 1.55. The van der Waals surface area contributed by atoms with E-state index in [0.717, 1.165) is 42.6 Å². The number of pyridine rings is 1. The maximum absolute atomic E-state index is 6.03. The van der Waals surface area contributed by atoms with E-state index in [4.69, 9.17) is 11.6 Å². The number of nitrogens with zero attached hydrogens (tertiary/aromatic N) is 2. The number of aromatic nitrogens is 1. The largest absolute Gasteiger partial charge is 0.383 e. The molecule has 1 heterocycles. The van der Waals surface area contributed by atoms with Crippen molar-refractivity contribution >= 4 is 28.2 Å². The van der Waals surface area contributed by atoms with E-state index in [2.05, 4.69) is 46.8 Å². The quantitative estimate of drug-likeness (QED) is 0.753. The van der Waals surface area contributed by atoms with Crippen molar-refractivity contribution in [1.29, 1.82) is 0 Å². The molecule has 0 aliphatic heterocycles. The fourth-order valence-corrected chi connectivity index (χ4v) is 3.07. The van der Waals surface area contributed by atoms with Gasteiger partial charge in [-0.15, -0.1) is 0 Å². The predicted molar refractivity (Wildman–Crippen MR) is 103 cm³/mol. The summed E-state index contributed by atoms with van der Waals surface area (Å²) in [6, 6.07) is 7.80. The number of hydrogen-bond donors (Lipinski definition) is 2. The SMILES string of the molecule is CN(C)CC1=CCC=C1NCCNc1ccnc2cc(Cl)ccc12. The molecular formula is C19H23ClN4. The molecule has 2 aromatic rings. The average molecular weight is 343 g/mol.